The number of benzene rings is 1. The van der Waals surface area contributed by atoms with Crippen LogP contribution in [-0.4, -0.2) is 4.98 Å². The van der Waals surface area contributed by atoms with Crippen LogP contribution in [0.2, 0.25) is 0 Å². The Kier molecular flexibility index (Phi) is 11.8. The smallest absolute Gasteiger partial charge is 0.0704 e. The van der Waals surface area contributed by atoms with Crippen LogP contribution in [-0.2, 0) is 0 Å². The fourth-order valence-corrected chi connectivity index (χ4v) is 4.57. The molecular formula is C29H45N. The van der Waals surface area contributed by atoms with Gasteiger partial charge in [0, 0.05) is 11.8 Å². The summed E-state index contributed by atoms with van der Waals surface area (Å²) < 4.78 is 0. The first-order valence-corrected chi connectivity index (χ1v) is 12.8. The molecule has 166 valence electrons. The van der Waals surface area contributed by atoms with Crippen LogP contribution in [0.4, 0.5) is 0 Å². The summed E-state index contributed by atoms with van der Waals surface area (Å²) in [6, 6.07) is 13.9. The summed E-state index contributed by atoms with van der Waals surface area (Å²) in [5, 5.41) is 0. The molecule has 0 saturated heterocycles. The Morgan fingerprint density at radius 1 is 0.633 bits per heavy atom. The molecule has 0 bridgehead atoms. The van der Waals surface area contributed by atoms with Gasteiger partial charge in [0.05, 0.1) is 5.69 Å². The average molecular weight is 408 g/mol. The Balaban J connectivity index is 2.26. The van der Waals surface area contributed by atoms with Gasteiger partial charge in [-0.1, -0.05) is 97.3 Å². The first-order valence-electron chi connectivity index (χ1n) is 12.8. The third-order valence-electron chi connectivity index (χ3n) is 6.53. The summed E-state index contributed by atoms with van der Waals surface area (Å²) in [5.41, 5.74) is 5.44. The van der Waals surface area contributed by atoms with E-state index in [0.29, 0.717) is 11.8 Å². The minimum Gasteiger partial charge on any atom is -0.256 e. The summed E-state index contributed by atoms with van der Waals surface area (Å²) >= 11 is 0. The molecule has 0 aliphatic heterocycles. The molecule has 1 aromatic carbocycles. The van der Waals surface area contributed by atoms with Gasteiger partial charge in [0.1, 0.15) is 0 Å². The van der Waals surface area contributed by atoms with Crippen molar-refractivity contribution in [3.63, 3.8) is 0 Å². The van der Waals surface area contributed by atoms with Crippen molar-refractivity contribution in [3.05, 3.63) is 53.7 Å². The lowest BCUT2D eigenvalue weighted by Gasteiger charge is -2.19. The zero-order chi connectivity index (χ0) is 21.6. The fraction of sp³-hybridized carbons (Fsp3) is 0.621. The van der Waals surface area contributed by atoms with E-state index in [1.165, 1.54) is 93.7 Å². The molecule has 0 amide bonds. The molecule has 2 rings (SSSR count). The molecular weight excluding hydrogens is 362 g/mol. The van der Waals surface area contributed by atoms with E-state index in [0.717, 1.165) is 5.69 Å². The SMILES string of the molecule is CCCCC(CCCC)c1cccc(-c2cc(C(CCCC)CCCC)ccn2)c1. The largest absolute Gasteiger partial charge is 0.256 e. The Morgan fingerprint density at radius 3 is 1.63 bits per heavy atom. The lowest BCUT2D eigenvalue weighted by molar-refractivity contribution is 0.524. The molecule has 0 unspecified atom stereocenters. The Bertz CT molecular complexity index is 628. The van der Waals surface area contributed by atoms with Gasteiger partial charge in [-0.3, -0.25) is 4.98 Å². The van der Waals surface area contributed by atoms with E-state index in [4.69, 9.17) is 4.98 Å². The number of rotatable bonds is 15. The topological polar surface area (TPSA) is 12.9 Å². The molecule has 0 fully saturated rings. The lowest BCUT2D eigenvalue weighted by Crippen LogP contribution is -2.02. The molecule has 1 heteroatoms. The van der Waals surface area contributed by atoms with E-state index in [1.807, 2.05) is 6.20 Å². The highest BCUT2D eigenvalue weighted by Gasteiger charge is 2.14. The molecule has 0 atom stereocenters. The summed E-state index contributed by atoms with van der Waals surface area (Å²) in [7, 11) is 0. The van der Waals surface area contributed by atoms with Crippen molar-refractivity contribution in [2.75, 3.05) is 0 Å². The lowest BCUT2D eigenvalue weighted by atomic mass is 9.87. The number of hydrogen-bond acceptors (Lipinski definition) is 1. The predicted octanol–water partition coefficient (Wildman–Crippen LogP) is 9.68. The van der Waals surface area contributed by atoms with E-state index in [9.17, 15) is 0 Å². The normalized spacial score (nSPS) is 11.5. The molecule has 0 aliphatic rings. The van der Waals surface area contributed by atoms with E-state index in [1.54, 1.807) is 0 Å². The summed E-state index contributed by atoms with van der Waals surface area (Å²) in [4.78, 5) is 4.78. The van der Waals surface area contributed by atoms with Gasteiger partial charge in [0.2, 0.25) is 0 Å². The zero-order valence-electron chi connectivity index (χ0n) is 20.1. The van der Waals surface area contributed by atoms with Crippen LogP contribution >= 0.6 is 0 Å². The van der Waals surface area contributed by atoms with Crippen molar-refractivity contribution in [1.82, 2.24) is 4.98 Å². The van der Waals surface area contributed by atoms with Gasteiger partial charge in [0.25, 0.3) is 0 Å². The molecule has 1 nitrogen and oxygen atoms in total. The van der Waals surface area contributed by atoms with Crippen molar-refractivity contribution in [3.8, 4) is 11.3 Å². The highest BCUT2D eigenvalue weighted by Crippen LogP contribution is 2.33. The molecule has 0 saturated carbocycles. The number of aromatic nitrogens is 1. The Hall–Kier alpha value is -1.63. The maximum absolute atomic E-state index is 4.78. The van der Waals surface area contributed by atoms with Gasteiger partial charge in [-0.2, -0.15) is 0 Å². The quantitative estimate of drug-likeness (QED) is 0.286. The number of unbranched alkanes of at least 4 members (excludes halogenated alkanes) is 4. The third kappa shape index (κ3) is 7.89. The van der Waals surface area contributed by atoms with E-state index in [-0.39, 0.29) is 0 Å². The van der Waals surface area contributed by atoms with Crippen LogP contribution in [0.25, 0.3) is 11.3 Å². The highest BCUT2D eigenvalue weighted by atomic mass is 14.7. The molecule has 0 aliphatic carbocycles. The van der Waals surface area contributed by atoms with Crippen LogP contribution in [0.3, 0.4) is 0 Å². The van der Waals surface area contributed by atoms with Crippen molar-refractivity contribution < 1.29 is 0 Å². The van der Waals surface area contributed by atoms with Crippen molar-refractivity contribution in [1.29, 1.82) is 0 Å². The maximum atomic E-state index is 4.78. The first kappa shape index (κ1) is 24.6. The van der Waals surface area contributed by atoms with Crippen LogP contribution < -0.4 is 0 Å². The third-order valence-corrected chi connectivity index (χ3v) is 6.53. The van der Waals surface area contributed by atoms with Gasteiger partial charge in [-0.25, -0.2) is 0 Å². The second kappa shape index (κ2) is 14.4. The number of hydrogen-bond donors (Lipinski definition) is 0. The van der Waals surface area contributed by atoms with Crippen molar-refractivity contribution in [2.45, 2.75) is 117 Å². The molecule has 0 spiro atoms. The van der Waals surface area contributed by atoms with Crippen LogP contribution in [0.15, 0.2) is 42.6 Å². The predicted molar refractivity (Wildman–Crippen MR) is 133 cm³/mol. The monoisotopic (exact) mass is 407 g/mol. The second-order valence-electron chi connectivity index (χ2n) is 9.06. The summed E-state index contributed by atoms with van der Waals surface area (Å²) in [6.45, 7) is 9.20. The second-order valence-corrected chi connectivity index (χ2v) is 9.06. The minimum absolute atomic E-state index is 0.677. The summed E-state index contributed by atoms with van der Waals surface area (Å²) in [5.74, 6) is 1.37. The molecule has 1 heterocycles. The van der Waals surface area contributed by atoms with E-state index >= 15 is 0 Å². The van der Waals surface area contributed by atoms with Gasteiger partial charge >= 0.3 is 0 Å². The molecule has 2 aromatic rings. The van der Waals surface area contributed by atoms with Gasteiger partial charge in [-0.05, 0) is 66.8 Å². The van der Waals surface area contributed by atoms with Crippen LogP contribution in [0.1, 0.15) is 128 Å². The standard InChI is InChI=1S/C29H45N/c1-5-9-14-24(15-10-6-2)26-18-13-19-28(22-26)29-23-27(20-21-30-29)25(16-11-7-3)17-12-8-4/h13,18-25H,5-12,14-17H2,1-4H3. The first-order chi connectivity index (χ1) is 14.7. The Morgan fingerprint density at radius 2 is 1.13 bits per heavy atom. The van der Waals surface area contributed by atoms with Gasteiger partial charge < -0.3 is 0 Å². The maximum Gasteiger partial charge on any atom is 0.0704 e. The fourth-order valence-electron chi connectivity index (χ4n) is 4.57. The zero-order valence-corrected chi connectivity index (χ0v) is 20.1. The van der Waals surface area contributed by atoms with Gasteiger partial charge in [0.15, 0.2) is 0 Å². The summed E-state index contributed by atoms with van der Waals surface area (Å²) in [6.07, 6.45) is 17.7. The van der Waals surface area contributed by atoms with Crippen LogP contribution in [0, 0.1) is 0 Å². The van der Waals surface area contributed by atoms with Crippen molar-refractivity contribution in [2.24, 2.45) is 0 Å². The molecule has 0 N–H and O–H groups in total. The Labute approximate surface area is 186 Å². The van der Waals surface area contributed by atoms with Crippen molar-refractivity contribution >= 4 is 0 Å². The minimum atomic E-state index is 0.677. The van der Waals surface area contributed by atoms with E-state index in [2.05, 4.69) is 64.1 Å². The van der Waals surface area contributed by atoms with E-state index < -0.39 is 0 Å². The molecule has 30 heavy (non-hydrogen) atoms. The molecule has 0 radical (unpaired) electrons. The van der Waals surface area contributed by atoms with Crippen LogP contribution in [0.5, 0.6) is 0 Å². The number of pyridine rings is 1. The number of nitrogens with zero attached hydrogens (tertiary/aromatic N) is 1. The average Bonchev–Trinajstić information content (AvgIpc) is 2.79. The molecule has 1 aromatic heterocycles. The van der Waals surface area contributed by atoms with Gasteiger partial charge in [-0.15, -0.1) is 0 Å². The highest BCUT2D eigenvalue weighted by molar-refractivity contribution is 5.61.